The van der Waals surface area contributed by atoms with E-state index in [9.17, 15) is 14.4 Å². The highest BCUT2D eigenvalue weighted by molar-refractivity contribution is 9.10. The Balaban J connectivity index is 1.48. The zero-order valence-electron chi connectivity index (χ0n) is 24.1. The molecule has 0 radical (unpaired) electrons. The minimum absolute atomic E-state index is 0.127. The van der Waals surface area contributed by atoms with Gasteiger partial charge in [-0.3, -0.25) is 14.5 Å². The van der Waals surface area contributed by atoms with Crippen molar-refractivity contribution >= 4 is 50.9 Å². The molecule has 1 aliphatic heterocycles. The van der Waals surface area contributed by atoms with Crippen LogP contribution in [0.3, 0.4) is 0 Å². The van der Waals surface area contributed by atoms with Crippen molar-refractivity contribution in [1.82, 2.24) is 4.90 Å². The van der Waals surface area contributed by atoms with Crippen LogP contribution in [0.25, 0.3) is 6.08 Å². The number of ether oxygens (including phenoxy) is 4. The molecule has 0 aromatic heterocycles. The fourth-order valence-corrected chi connectivity index (χ4v) is 5.65. The number of carbonyl (C=O) groups is 3. The van der Waals surface area contributed by atoms with Gasteiger partial charge in [0.2, 0.25) is 0 Å². The molecule has 3 aromatic carbocycles. The van der Waals surface area contributed by atoms with Crippen molar-refractivity contribution in [1.29, 1.82) is 0 Å². The summed E-state index contributed by atoms with van der Waals surface area (Å²) in [6.07, 6.45) is 1.62. The third-order valence-electron chi connectivity index (χ3n) is 6.39. The number of halogens is 1. The molecule has 0 unspecified atom stereocenters. The molecule has 220 valence electrons. The highest BCUT2D eigenvalue weighted by Crippen LogP contribution is 2.40. The van der Waals surface area contributed by atoms with Crippen LogP contribution in [-0.4, -0.2) is 48.9 Å². The van der Waals surface area contributed by atoms with Crippen LogP contribution in [0.5, 0.6) is 23.0 Å². The number of thioether (sulfide) groups is 1. The topological polar surface area (TPSA) is 91.4 Å². The number of benzene rings is 3. The summed E-state index contributed by atoms with van der Waals surface area (Å²) in [4.78, 5) is 40.1. The Labute approximate surface area is 258 Å². The number of aryl methyl sites for hydroxylation is 1. The minimum atomic E-state index is -0.568. The van der Waals surface area contributed by atoms with Crippen molar-refractivity contribution in [2.45, 2.75) is 33.6 Å². The summed E-state index contributed by atoms with van der Waals surface area (Å²) in [7, 11) is 1.55. The smallest absolute Gasteiger partial charge is 0.343 e. The first kappa shape index (κ1) is 31.2. The molecule has 2 amide bonds. The van der Waals surface area contributed by atoms with E-state index < -0.39 is 11.9 Å². The van der Waals surface area contributed by atoms with Crippen LogP contribution >= 0.6 is 27.7 Å². The van der Waals surface area contributed by atoms with Gasteiger partial charge in [-0.1, -0.05) is 26.0 Å². The van der Waals surface area contributed by atoms with Gasteiger partial charge in [-0.25, -0.2) is 4.79 Å². The first-order valence-electron chi connectivity index (χ1n) is 13.4. The van der Waals surface area contributed by atoms with E-state index in [0.717, 1.165) is 28.6 Å². The number of amides is 2. The van der Waals surface area contributed by atoms with Crippen LogP contribution in [0.2, 0.25) is 0 Å². The fraction of sp³-hybridized carbons (Fsp3) is 0.281. The molecule has 8 nitrogen and oxygen atoms in total. The maximum atomic E-state index is 13.1. The first-order valence-corrected chi connectivity index (χ1v) is 15.0. The molecule has 3 aromatic rings. The quantitative estimate of drug-likeness (QED) is 0.119. The summed E-state index contributed by atoms with van der Waals surface area (Å²) in [6, 6.07) is 16.0. The summed E-state index contributed by atoms with van der Waals surface area (Å²) < 4.78 is 23.0. The molecule has 1 aliphatic rings. The van der Waals surface area contributed by atoms with E-state index in [1.165, 1.54) is 4.90 Å². The van der Waals surface area contributed by atoms with Crippen molar-refractivity contribution < 1.29 is 33.3 Å². The number of carbonyl (C=O) groups excluding carboxylic acids is 3. The van der Waals surface area contributed by atoms with Gasteiger partial charge in [-0.2, -0.15) is 0 Å². The highest BCUT2D eigenvalue weighted by atomic mass is 79.9. The highest BCUT2D eigenvalue weighted by Gasteiger charge is 2.35. The number of esters is 1. The largest absolute Gasteiger partial charge is 0.497 e. The maximum Gasteiger partial charge on any atom is 0.343 e. The van der Waals surface area contributed by atoms with Crippen LogP contribution < -0.4 is 18.9 Å². The molecule has 0 bridgehead atoms. The summed E-state index contributed by atoms with van der Waals surface area (Å²) >= 11 is 4.33. The summed E-state index contributed by atoms with van der Waals surface area (Å²) in [5, 5.41) is -0.364. The zero-order valence-corrected chi connectivity index (χ0v) is 26.5. The third-order valence-corrected chi connectivity index (χ3v) is 7.88. The van der Waals surface area contributed by atoms with Crippen molar-refractivity contribution in [3.05, 3.63) is 86.2 Å². The predicted octanol–water partition coefficient (Wildman–Crippen LogP) is 7.62. The minimum Gasteiger partial charge on any atom is -0.497 e. The first-order chi connectivity index (χ1) is 20.1. The Hall–Kier alpha value is -3.76. The monoisotopic (exact) mass is 653 g/mol. The Kier molecular flexibility index (Phi) is 10.3. The van der Waals surface area contributed by atoms with E-state index in [0.29, 0.717) is 33.7 Å². The van der Waals surface area contributed by atoms with Gasteiger partial charge in [0.05, 0.1) is 35.2 Å². The van der Waals surface area contributed by atoms with Gasteiger partial charge in [0.15, 0.2) is 11.5 Å². The lowest BCUT2D eigenvalue weighted by Crippen LogP contribution is -2.32. The van der Waals surface area contributed by atoms with Gasteiger partial charge in [-0.05, 0) is 113 Å². The molecule has 0 spiro atoms. The average Bonchev–Trinajstić information content (AvgIpc) is 3.22. The molecule has 0 saturated carbocycles. The van der Waals surface area contributed by atoms with Gasteiger partial charge < -0.3 is 18.9 Å². The van der Waals surface area contributed by atoms with E-state index in [1.54, 1.807) is 49.6 Å². The van der Waals surface area contributed by atoms with E-state index in [-0.39, 0.29) is 35.0 Å². The molecule has 42 heavy (non-hydrogen) atoms. The van der Waals surface area contributed by atoms with Gasteiger partial charge >= 0.3 is 5.97 Å². The summed E-state index contributed by atoms with van der Waals surface area (Å²) in [6.45, 7) is 8.61. The predicted molar refractivity (Wildman–Crippen MR) is 167 cm³/mol. The zero-order chi connectivity index (χ0) is 30.4. The summed E-state index contributed by atoms with van der Waals surface area (Å²) in [5.41, 5.74) is 3.08. The van der Waals surface area contributed by atoms with Crippen molar-refractivity contribution in [2.75, 3.05) is 26.9 Å². The van der Waals surface area contributed by atoms with Gasteiger partial charge in [0.1, 0.15) is 18.1 Å². The Morgan fingerprint density at radius 3 is 2.43 bits per heavy atom. The molecule has 1 saturated heterocycles. The average molecular weight is 655 g/mol. The van der Waals surface area contributed by atoms with Crippen LogP contribution in [0.1, 0.15) is 53.7 Å². The standard InChI is InChI=1S/C32H32BrNO7S/c1-6-39-27-17-21(16-25(33)29(27)41-31(36)22-8-10-23(38-5)11-9-22)18-28-30(35)34(32(37)42-28)13-14-40-26-15-20(4)7-12-24(26)19(2)3/h7-12,15-19H,6,13-14H2,1-5H3/b28-18-. The second-order valence-electron chi connectivity index (χ2n) is 9.76. The number of hydrogen-bond donors (Lipinski definition) is 0. The number of rotatable bonds is 11. The van der Waals surface area contributed by atoms with Crippen LogP contribution in [0.4, 0.5) is 4.79 Å². The molecular weight excluding hydrogens is 622 g/mol. The second-order valence-corrected chi connectivity index (χ2v) is 11.6. The van der Waals surface area contributed by atoms with E-state index in [4.69, 9.17) is 18.9 Å². The Morgan fingerprint density at radius 1 is 1.02 bits per heavy atom. The molecular formula is C32H32BrNO7S. The van der Waals surface area contributed by atoms with E-state index in [1.807, 2.05) is 32.0 Å². The molecule has 0 N–H and O–H groups in total. The van der Waals surface area contributed by atoms with E-state index in [2.05, 4.69) is 29.8 Å². The van der Waals surface area contributed by atoms with Crippen molar-refractivity contribution in [2.24, 2.45) is 0 Å². The molecule has 1 fully saturated rings. The van der Waals surface area contributed by atoms with Gasteiger partial charge in [0.25, 0.3) is 11.1 Å². The number of nitrogens with zero attached hydrogens (tertiary/aromatic N) is 1. The molecule has 1 heterocycles. The third kappa shape index (κ3) is 7.35. The van der Waals surface area contributed by atoms with Crippen LogP contribution in [0, 0.1) is 6.92 Å². The van der Waals surface area contributed by atoms with Crippen molar-refractivity contribution in [3.8, 4) is 23.0 Å². The number of hydrogen-bond acceptors (Lipinski definition) is 8. The lowest BCUT2D eigenvalue weighted by molar-refractivity contribution is -0.123. The van der Waals surface area contributed by atoms with Gasteiger partial charge in [-0.15, -0.1) is 0 Å². The summed E-state index contributed by atoms with van der Waals surface area (Å²) in [5.74, 6) is 1.21. The van der Waals surface area contributed by atoms with Crippen molar-refractivity contribution in [3.63, 3.8) is 0 Å². The van der Waals surface area contributed by atoms with Crippen LogP contribution in [0.15, 0.2) is 64.0 Å². The second kappa shape index (κ2) is 13.9. The molecule has 10 heteroatoms. The molecule has 4 rings (SSSR count). The van der Waals surface area contributed by atoms with Crippen LogP contribution in [-0.2, 0) is 4.79 Å². The lowest BCUT2D eigenvalue weighted by atomic mass is 10.0. The fourth-order valence-electron chi connectivity index (χ4n) is 4.25. The normalized spacial score (nSPS) is 14.1. The maximum absolute atomic E-state index is 13.1. The lowest BCUT2D eigenvalue weighted by Gasteiger charge is -2.17. The van der Waals surface area contributed by atoms with E-state index >= 15 is 0 Å². The molecule has 0 aliphatic carbocycles. The number of imide groups is 1. The number of methoxy groups -OCH3 is 1. The molecule has 0 atom stereocenters. The Morgan fingerprint density at radius 2 is 1.76 bits per heavy atom. The Bertz CT molecular complexity index is 1520. The SMILES string of the molecule is CCOc1cc(/C=C2\SC(=O)N(CCOc3cc(C)ccc3C(C)C)C2=O)cc(Br)c1OC(=O)c1ccc(OC)cc1. The van der Waals surface area contributed by atoms with Gasteiger partial charge in [0, 0.05) is 0 Å².